The molecule has 1 aliphatic heterocycles. The van der Waals surface area contributed by atoms with E-state index in [1.807, 2.05) is 0 Å². The van der Waals surface area contributed by atoms with E-state index in [0.29, 0.717) is 6.04 Å². The number of rotatable bonds is 6. The molecule has 1 heterocycles. The number of ether oxygens (including phenoxy) is 1. The number of hydrogen-bond acceptors (Lipinski definition) is 4. The highest BCUT2D eigenvalue weighted by molar-refractivity contribution is 4.71. The molecule has 1 fully saturated rings. The van der Waals surface area contributed by atoms with Crippen LogP contribution in [0.15, 0.2) is 0 Å². The fraction of sp³-hybridized carbons (Fsp3) is 1.00. The van der Waals surface area contributed by atoms with Gasteiger partial charge in [0.1, 0.15) is 0 Å². The van der Waals surface area contributed by atoms with E-state index in [4.69, 9.17) is 4.74 Å². The van der Waals surface area contributed by atoms with Gasteiger partial charge in [-0.2, -0.15) is 0 Å². The van der Waals surface area contributed by atoms with Crippen LogP contribution in [-0.4, -0.2) is 75.9 Å². The zero-order chi connectivity index (χ0) is 11.1. The van der Waals surface area contributed by atoms with E-state index >= 15 is 0 Å². The topological polar surface area (TPSA) is 27.7 Å². The Morgan fingerprint density at radius 3 is 2.87 bits per heavy atom. The van der Waals surface area contributed by atoms with Crippen LogP contribution < -0.4 is 5.32 Å². The van der Waals surface area contributed by atoms with Crippen molar-refractivity contribution in [2.75, 3.05) is 60.0 Å². The van der Waals surface area contributed by atoms with Crippen molar-refractivity contribution in [2.24, 2.45) is 0 Å². The van der Waals surface area contributed by atoms with Gasteiger partial charge in [0.2, 0.25) is 0 Å². The fourth-order valence-electron chi connectivity index (χ4n) is 1.74. The van der Waals surface area contributed by atoms with Gasteiger partial charge in [-0.25, -0.2) is 0 Å². The maximum atomic E-state index is 5.40. The number of nitrogens with zero attached hydrogens (tertiary/aromatic N) is 2. The standard InChI is InChI=1S/C11H25N3O/c1-11-10-15-9-8-14(11)7-5-12-4-6-13(2)3/h11-12H,4-10H2,1-3H3. The van der Waals surface area contributed by atoms with E-state index < -0.39 is 0 Å². The lowest BCUT2D eigenvalue weighted by Crippen LogP contribution is -2.46. The van der Waals surface area contributed by atoms with Crippen molar-refractivity contribution in [3.63, 3.8) is 0 Å². The lowest BCUT2D eigenvalue weighted by Gasteiger charge is -2.33. The van der Waals surface area contributed by atoms with Gasteiger partial charge < -0.3 is 15.0 Å². The minimum Gasteiger partial charge on any atom is -0.379 e. The van der Waals surface area contributed by atoms with Crippen LogP contribution in [0.25, 0.3) is 0 Å². The lowest BCUT2D eigenvalue weighted by atomic mass is 10.2. The smallest absolute Gasteiger partial charge is 0.0619 e. The third kappa shape index (κ3) is 5.47. The average Bonchev–Trinajstić information content (AvgIpc) is 2.20. The van der Waals surface area contributed by atoms with Crippen LogP contribution in [0.2, 0.25) is 0 Å². The molecule has 0 aliphatic carbocycles. The molecule has 0 spiro atoms. The van der Waals surface area contributed by atoms with Crippen molar-refractivity contribution in [2.45, 2.75) is 13.0 Å². The van der Waals surface area contributed by atoms with Gasteiger partial charge >= 0.3 is 0 Å². The Bertz CT molecular complexity index is 164. The third-order valence-corrected chi connectivity index (χ3v) is 2.82. The first kappa shape index (κ1) is 12.9. The molecule has 4 nitrogen and oxygen atoms in total. The highest BCUT2D eigenvalue weighted by Crippen LogP contribution is 2.04. The summed E-state index contributed by atoms with van der Waals surface area (Å²) in [7, 11) is 4.21. The molecule has 0 saturated carbocycles. The van der Waals surface area contributed by atoms with E-state index in [1.165, 1.54) is 0 Å². The first-order chi connectivity index (χ1) is 7.20. The van der Waals surface area contributed by atoms with Crippen LogP contribution in [-0.2, 0) is 4.74 Å². The molecule has 1 saturated heterocycles. The molecule has 90 valence electrons. The van der Waals surface area contributed by atoms with Crippen LogP contribution in [0.3, 0.4) is 0 Å². The maximum Gasteiger partial charge on any atom is 0.0619 e. The largest absolute Gasteiger partial charge is 0.379 e. The predicted octanol–water partition coefficient (Wildman–Crippen LogP) is -0.142. The van der Waals surface area contributed by atoms with Crippen molar-refractivity contribution in [3.8, 4) is 0 Å². The maximum absolute atomic E-state index is 5.40. The summed E-state index contributed by atoms with van der Waals surface area (Å²) in [6, 6.07) is 0.578. The van der Waals surface area contributed by atoms with Gasteiger partial charge in [0.25, 0.3) is 0 Å². The van der Waals surface area contributed by atoms with Gasteiger partial charge in [-0.05, 0) is 21.0 Å². The second-order valence-electron chi connectivity index (χ2n) is 4.51. The molecular weight excluding hydrogens is 190 g/mol. The van der Waals surface area contributed by atoms with E-state index in [0.717, 1.165) is 45.9 Å². The second-order valence-corrected chi connectivity index (χ2v) is 4.51. The predicted molar refractivity (Wildman–Crippen MR) is 63.3 cm³/mol. The second kappa shape index (κ2) is 7.17. The molecule has 0 aromatic heterocycles. The van der Waals surface area contributed by atoms with Crippen molar-refractivity contribution < 1.29 is 4.74 Å². The van der Waals surface area contributed by atoms with Crippen LogP contribution in [0.5, 0.6) is 0 Å². The molecule has 0 aromatic carbocycles. The average molecular weight is 215 g/mol. The summed E-state index contributed by atoms with van der Waals surface area (Å²) in [6.07, 6.45) is 0. The number of likely N-dealkylation sites (N-methyl/N-ethyl adjacent to an activating group) is 1. The first-order valence-electron chi connectivity index (χ1n) is 5.87. The Hall–Kier alpha value is -0.160. The summed E-state index contributed by atoms with van der Waals surface area (Å²) in [6.45, 7) is 9.50. The number of hydrogen-bond donors (Lipinski definition) is 1. The zero-order valence-corrected chi connectivity index (χ0v) is 10.3. The number of morpholine rings is 1. The minimum absolute atomic E-state index is 0.578. The van der Waals surface area contributed by atoms with Crippen molar-refractivity contribution >= 4 is 0 Å². The van der Waals surface area contributed by atoms with Gasteiger partial charge in [0, 0.05) is 38.8 Å². The van der Waals surface area contributed by atoms with Crippen LogP contribution in [0, 0.1) is 0 Å². The molecule has 0 bridgehead atoms. The normalized spacial score (nSPS) is 23.6. The summed E-state index contributed by atoms with van der Waals surface area (Å²) in [4.78, 5) is 4.69. The van der Waals surface area contributed by atoms with Gasteiger partial charge in [-0.15, -0.1) is 0 Å². The minimum atomic E-state index is 0.578. The molecule has 1 atom stereocenters. The van der Waals surface area contributed by atoms with E-state index in [1.54, 1.807) is 0 Å². The van der Waals surface area contributed by atoms with Crippen LogP contribution in [0.1, 0.15) is 6.92 Å². The highest BCUT2D eigenvalue weighted by atomic mass is 16.5. The van der Waals surface area contributed by atoms with Gasteiger partial charge in [0.15, 0.2) is 0 Å². The fourth-order valence-corrected chi connectivity index (χ4v) is 1.74. The van der Waals surface area contributed by atoms with Crippen molar-refractivity contribution in [1.29, 1.82) is 0 Å². The van der Waals surface area contributed by atoms with Gasteiger partial charge in [-0.1, -0.05) is 0 Å². The summed E-state index contributed by atoms with van der Waals surface area (Å²) in [5.41, 5.74) is 0. The Morgan fingerprint density at radius 1 is 1.40 bits per heavy atom. The van der Waals surface area contributed by atoms with Gasteiger partial charge in [0.05, 0.1) is 13.2 Å². The molecule has 0 amide bonds. The Labute approximate surface area is 93.6 Å². The quantitative estimate of drug-likeness (QED) is 0.624. The summed E-state index contributed by atoms with van der Waals surface area (Å²) < 4.78 is 5.40. The molecular formula is C11H25N3O. The van der Waals surface area contributed by atoms with Gasteiger partial charge in [-0.3, -0.25) is 4.90 Å². The van der Waals surface area contributed by atoms with Crippen molar-refractivity contribution in [1.82, 2.24) is 15.1 Å². The monoisotopic (exact) mass is 215 g/mol. The third-order valence-electron chi connectivity index (χ3n) is 2.82. The first-order valence-corrected chi connectivity index (χ1v) is 5.87. The summed E-state index contributed by atoms with van der Waals surface area (Å²) in [5.74, 6) is 0. The van der Waals surface area contributed by atoms with E-state index in [2.05, 4.69) is 36.1 Å². The van der Waals surface area contributed by atoms with E-state index in [-0.39, 0.29) is 0 Å². The molecule has 0 aromatic rings. The Morgan fingerprint density at radius 2 is 2.20 bits per heavy atom. The van der Waals surface area contributed by atoms with E-state index in [9.17, 15) is 0 Å². The Kier molecular flexibility index (Phi) is 6.17. The summed E-state index contributed by atoms with van der Waals surface area (Å²) >= 11 is 0. The molecule has 15 heavy (non-hydrogen) atoms. The molecule has 1 rings (SSSR count). The Balaban J connectivity index is 1.99. The zero-order valence-electron chi connectivity index (χ0n) is 10.3. The SMILES string of the molecule is CC1COCCN1CCNCCN(C)C. The molecule has 1 unspecified atom stereocenters. The van der Waals surface area contributed by atoms with Crippen molar-refractivity contribution in [3.05, 3.63) is 0 Å². The molecule has 4 heteroatoms. The lowest BCUT2D eigenvalue weighted by molar-refractivity contribution is 0.000432. The molecule has 1 aliphatic rings. The van der Waals surface area contributed by atoms with Crippen LogP contribution in [0.4, 0.5) is 0 Å². The molecule has 1 N–H and O–H groups in total. The number of nitrogens with one attached hydrogen (secondary N) is 1. The van der Waals surface area contributed by atoms with Crippen LogP contribution >= 0.6 is 0 Å². The molecule has 0 radical (unpaired) electrons. The summed E-state index contributed by atoms with van der Waals surface area (Å²) in [5, 5.41) is 3.46. The highest BCUT2D eigenvalue weighted by Gasteiger charge is 2.17.